The van der Waals surface area contributed by atoms with Crippen molar-refractivity contribution in [3.63, 3.8) is 0 Å². The summed E-state index contributed by atoms with van der Waals surface area (Å²) in [6.07, 6.45) is 5.96. The molecular formula is C12H20N4O. The molecule has 0 bridgehead atoms. The molecule has 0 spiro atoms. The third-order valence-corrected chi connectivity index (χ3v) is 3.08. The lowest BCUT2D eigenvalue weighted by atomic mass is 10.3. The molecule has 1 aliphatic rings. The van der Waals surface area contributed by atoms with Crippen LogP contribution in [0.3, 0.4) is 0 Å². The van der Waals surface area contributed by atoms with Gasteiger partial charge in [0.2, 0.25) is 0 Å². The summed E-state index contributed by atoms with van der Waals surface area (Å²) >= 11 is 0. The van der Waals surface area contributed by atoms with E-state index in [4.69, 9.17) is 5.73 Å². The SMILES string of the molecule is CCN(CC1CC1)C(=O)c1cn(CCN)cn1. The molecule has 0 aliphatic heterocycles. The van der Waals surface area contributed by atoms with Gasteiger partial charge in [-0.3, -0.25) is 4.79 Å². The maximum atomic E-state index is 12.2. The van der Waals surface area contributed by atoms with Gasteiger partial charge in [-0.1, -0.05) is 0 Å². The third-order valence-electron chi connectivity index (χ3n) is 3.08. The molecule has 0 aromatic carbocycles. The number of carbonyl (C=O) groups excluding carboxylic acids is 1. The highest BCUT2D eigenvalue weighted by molar-refractivity contribution is 5.92. The molecule has 1 fully saturated rings. The standard InChI is InChI=1S/C12H20N4O/c1-2-16(7-10-3-4-10)12(17)11-8-15(6-5-13)9-14-11/h8-10H,2-7,13H2,1H3. The van der Waals surface area contributed by atoms with E-state index in [9.17, 15) is 4.79 Å². The molecule has 1 aromatic rings. The van der Waals surface area contributed by atoms with E-state index in [0.717, 1.165) is 13.1 Å². The Morgan fingerprint density at radius 3 is 3.00 bits per heavy atom. The Kier molecular flexibility index (Phi) is 3.78. The summed E-state index contributed by atoms with van der Waals surface area (Å²) in [5.41, 5.74) is 5.99. The molecule has 1 saturated carbocycles. The smallest absolute Gasteiger partial charge is 0.274 e. The lowest BCUT2D eigenvalue weighted by Crippen LogP contribution is -2.32. The molecule has 5 nitrogen and oxygen atoms in total. The van der Waals surface area contributed by atoms with Crippen LogP contribution >= 0.6 is 0 Å². The lowest BCUT2D eigenvalue weighted by Gasteiger charge is -2.19. The molecule has 2 rings (SSSR count). The number of imidazole rings is 1. The van der Waals surface area contributed by atoms with Crippen LogP contribution in [-0.2, 0) is 6.54 Å². The van der Waals surface area contributed by atoms with Crippen LogP contribution in [0.1, 0.15) is 30.3 Å². The van der Waals surface area contributed by atoms with Crippen molar-refractivity contribution in [3.8, 4) is 0 Å². The summed E-state index contributed by atoms with van der Waals surface area (Å²) in [5.74, 6) is 0.750. The zero-order chi connectivity index (χ0) is 12.3. The maximum absolute atomic E-state index is 12.2. The number of rotatable bonds is 6. The second-order valence-corrected chi connectivity index (χ2v) is 4.57. The topological polar surface area (TPSA) is 64.2 Å². The minimum atomic E-state index is 0.0372. The first-order valence-corrected chi connectivity index (χ1v) is 6.25. The van der Waals surface area contributed by atoms with E-state index >= 15 is 0 Å². The van der Waals surface area contributed by atoms with Gasteiger partial charge in [0.1, 0.15) is 5.69 Å². The van der Waals surface area contributed by atoms with Gasteiger partial charge in [-0.2, -0.15) is 0 Å². The second kappa shape index (κ2) is 5.31. The average molecular weight is 236 g/mol. The molecule has 1 aromatic heterocycles. The second-order valence-electron chi connectivity index (χ2n) is 4.57. The molecule has 0 radical (unpaired) electrons. The van der Waals surface area contributed by atoms with Gasteiger partial charge in [0, 0.05) is 32.4 Å². The van der Waals surface area contributed by atoms with Gasteiger partial charge in [0.25, 0.3) is 5.91 Å². The van der Waals surface area contributed by atoms with Crippen LogP contribution in [0, 0.1) is 5.92 Å². The third kappa shape index (κ3) is 3.06. The minimum absolute atomic E-state index is 0.0372. The van der Waals surface area contributed by atoms with E-state index in [2.05, 4.69) is 4.98 Å². The van der Waals surface area contributed by atoms with Gasteiger partial charge in [0.05, 0.1) is 6.33 Å². The molecule has 2 N–H and O–H groups in total. The molecule has 1 heterocycles. The number of nitrogens with zero attached hydrogens (tertiary/aromatic N) is 3. The van der Waals surface area contributed by atoms with E-state index in [1.807, 2.05) is 16.4 Å². The van der Waals surface area contributed by atoms with Crippen molar-refractivity contribution < 1.29 is 4.79 Å². The minimum Gasteiger partial charge on any atom is -0.337 e. The van der Waals surface area contributed by atoms with Gasteiger partial charge in [-0.05, 0) is 25.7 Å². The maximum Gasteiger partial charge on any atom is 0.274 e. The predicted molar refractivity (Wildman–Crippen MR) is 65.6 cm³/mol. The van der Waals surface area contributed by atoms with Crippen molar-refractivity contribution in [3.05, 3.63) is 18.2 Å². The highest BCUT2D eigenvalue weighted by atomic mass is 16.2. The number of aromatic nitrogens is 2. The van der Waals surface area contributed by atoms with Crippen molar-refractivity contribution in [2.75, 3.05) is 19.6 Å². The monoisotopic (exact) mass is 236 g/mol. The first-order chi connectivity index (χ1) is 8.24. The van der Waals surface area contributed by atoms with Crippen molar-refractivity contribution in [1.82, 2.24) is 14.5 Å². The van der Waals surface area contributed by atoms with Gasteiger partial charge in [-0.25, -0.2) is 4.98 Å². The van der Waals surface area contributed by atoms with Crippen LogP contribution in [0.15, 0.2) is 12.5 Å². The summed E-state index contributed by atoms with van der Waals surface area (Å²) in [7, 11) is 0. The van der Waals surface area contributed by atoms with Gasteiger partial charge >= 0.3 is 0 Å². The van der Waals surface area contributed by atoms with Crippen LogP contribution in [0.25, 0.3) is 0 Å². The fourth-order valence-corrected chi connectivity index (χ4v) is 1.87. The summed E-state index contributed by atoms with van der Waals surface area (Å²) in [5, 5.41) is 0. The van der Waals surface area contributed by atoms with E-state index in [0.29, 0.717) is 24.7 Å². The number of amides is 1. The first kappa shape index (κ1) is 12.1. The van der Waals surface area contributed by atoms with E-state index in [1.165, 1.54) is 12.8 Å². The van der Waals surface area contributed by atoms with Crippen LogP contribution in [0.4, 0.5) is 0 Å². The first-order valence-electron chi connectivity index (χ1n) is 6.25. The Morgan fingerprint density at radius 1 is 1.65 bits per heavy atom. The molecule has 1 amide bonds. The Morgan fingerprint density at radius 2 is 2.41 bits per heavy atom. The van der Waals surface area contributed by atoms with Crippen molar-refractivity contribution >= 4 is 5.91 Å². The van der Waals surface area contributed by atoms with Crippen LogP contribution in [0.5, 0.6) is 0 Å². The largest absolute Gasteiger partial charge is 0.337 e. The fourth-order valence-electron chi connectivity index (χ4n) is 1.87. The highest BCUT2D eigenvalue weighted by Crippen LogP contribution is 2.29. The quantitative estimate of drug-likeness (QED) is 0.791. The number of nitrogens with two attached hydrogens (primary N) is 1. The summed E-state index contributed by atoms with van der Waals surface area (Å²) < 4.78 is 1.86. The number of hydrogen-bond donors (Lipinski definition) is 1. The summed E-state index contributed by atoms with van der Waals surface area (Å²) in [4.78, 5) is 18.2. The molecule has 0 saturated heterocycles. The Labute approximate surface area is 102 Å². The van der Waals surface area contributed by atoms with Gasteiger partial charge in [-0.15, -0.1) is 0 Å². The van der Waals surface area contributed by atoms with Crippen molar-refractivity contribution in [2.45, 2.75) is 26.3 Å². The van der Waals surface area contributed by atoms with Crippen molar-refractivity contribution in [2.24, 2.45) is 11.7 Å². The van der Waals surface area contributed by atoms with Crippen LogP contribution in [-0.4, -0.2) is 40.0 Å². The summed E-state index contributed by atoms with van der Waals surface area (Å²) in [6.45, 7) is 4.90. The van der Waals surface area contributed by atoms with Gasteiger partial charge in [0.15, 0.2) is 0 Å². The van der Waals surface area contributed by atoms with Crippen LogP contribution < -0.4 is 5.73 Å². The van der Waals surface area contributed by atoms with E-state index in [1.54, 1.807) is 12.5 Å². The molecule has 5 heteroatoms. The molecule has 1 aliphatic carbocycles. The zero-order valence-electron chi connectivity index (χ0n) is 10.3. The average Bonchev–Trinajstić information content (AvgIpc) is 3.03. The fraction of sp³-hybridized carbons (Fsp3) is 0.667. The molecule has 94 valence electrons. The van der Waals surface area contributed by atoms with E-state index in [-0.39, 0.29) is 5.91 Å². The number of carbonyl (C=O) groups is 1. The predicted octanol–water partition coefficient (Wildman–Crippen LogP) is 0.714. The highest BCUT2D eigenvalue weighted by Gasteiger charge is 2.27. The van der Waals surface area contributed by atoms with Gasteiger partial charge < -0.3 is 15.2 Å². The van der Waals surface area contributed by atoms with Crippen LogP contribution in [0.2, 0.25) is 0 Å². The van der Waals surface area contributed by atoms with Crippen molar-refractivity contribution in [1.29, 1.82) is 0 Å². The summed E-state index contributed by atoms with van der Waals surface area (Å²) in [6, 6.07) is 0. The molecule has 0 unspecified atom stereocenters. The number of hydrogen-bond acceptors (Lipinski definition) is 3. The van der Waals surface area contributed by atoms with E-state index < -0.39 is 0 Å². The molecule has 0 atom stereocenters. The molecule has 17 heavy (non-hydrogen) atoms. The normalized spacial score (nSPS) is 14.9. The Bertz CT molecular complexity index is 384. The Hall–Kier alpha value is -1.36. The Balaban J connectivity index is 1.99. The molecular weight excluding hydrogens is 216 g/mol. The lowest BCUT2D eigenvalue weighted by molar-refractivity contribution is 0.0751. The zero-order valence-corrected chi connectivity index (χ0v) is 10.3.